The van der Waals surface area contributed by atoms with Gasteiger partial charge in [-0.15, -0.1) is 0 Å². The van der Waals surface area contributed by atoms with Crippen LogP contribution in [-0.2, 0) is 16.1 Å². The monoisotopic (exact) mass is 433 g/mol. The van der Waals surface area contributed by atoms with E-state index >= 15 is 0 Å². The molecule has 2 heterocycles. The van der Waals surface area contributed by atoms with Crippen LogP contribution in [0.5, 0.6) is 11.5 Å². The number of hydrogen-bond donors (Lipinski definition) is 2. The average molecular weight is 434 g/mol. The molecule has 32 heavy (non-hydrogen) atoms. The van der Waals surface area contributed by atoms with Crippen molar-refractivity contribution in [2.24, 2.45) is 0 Å². The second-order valence-corrected chi connectivity index (χ2v) is 7.77. The van der Waals surface area contributed by atoms with Crippen LogP contribution >= 0.6 is 0 Å². The van der Waals surface area contributed by atoms with E-state index in [2.05, 4.69) is 16.8 Å². The van der Waals surface area contributed by atoms with Gasteiger partial charge in [-0.05, 0) is 42.1 Å². The Morgan fingerprint density at radius 2 is 1.91 bits per heavy atom. The SMILES string of the molecule is C=C(NCC(=O)O)c1nc(CN2CCOCC2)c2cc(Oc3ccccc3)ccc2c1C. The largest absolute Gasteiger partial charge is 0.480 e. The molecular formula is C25H27N3O4. The van der Waals surface area contributed by atoms with E-state index in [1.807, 2.05) is 55.5 Å². The number of aliphatic carboxylic acids is 1. The van der Waals surface area contributed by atoms with E-state index in [-0.39, 0.29) is 6.54 Å². The summed E-state index contributed by atoms with van der Waals surface area (Å²) in [6.07, 6.45) is 0. The van der Waals surface area contributed by atoms with E-state index in [0.717, 1.165) is 46.6 Å². The molecule has 1 aromatic heterocycles. The smallest absolute Gasteiger partial charge is 0.322 e. The van der Waals surface area contributed by atoms with Crippen molar-refractivity contribution in [3.63, 3.8) is 0 Å². The first kappa shape index (κ1) is 21.8. The maximum absolute atomic E-state index is 11.0. The van der Waals surface area contributed by atoms with Crippen LogP contribution in [0.25, 0.3) is 16.5 Å². The minimum Gasteiger partial charge on any atom is -0.480 e. The van der Waals surface area contributed by atoms with Crippen LogP contribution in [0.2, 0.25) is 0 Å². The van der Waals surface area contributed by atoms with Crippen LogP contribution in [0.1, 0.15) is 17.0 Å². The predicted octanol–water partition coefficient (Wildman–Crippen LogP) is 3.81. The van der Waals surface area contributed by atoms with Crippen LogP contribution in [0.3, 0.4) is 0 Å². The predicted molar refractivity (Wildman–Crippen MR) is 124 cm³/mol. The molecule has 1 aliphatic rings. The molecule has 0 saturated carbocycles. The molecule has 0 unspecified atom stereocenters. The van der Waals surface area contributed by atoms with Crippen molar-refractivity contribution < 1.29 is 19.4 Å². The molecule has 0 atom stereocenters. The summed E-state index contributed by atoms with van der Waals surface area (Å²) in [4.78, 5) is 18.2. The number of carboxylic acid groups (broad SMARTS) is 1. The van der Waals surface area contributed by atoms with E-state index in [0.29, 0.717) is 31.1 Å². The van der Waals surface area contributed by atoms with Gasteiger partial charge in [-0.1, -0.05) is 30.8 Å². The van der Waals surface area contributed by atoms with Gasteiger partial charge in [0.05, 0.1) is 30.3 Å². The van der Waals surface area contributed by atoms with E-state index in [9.17, 15) is 4.79 Å². The number of nitrogens with one attached hydrogen (secondary N) is 1. The Balaban J connectivity index is 1.74. The number of benzene rings is 2. The fourth-order valence-corrected chi connectivity index (χ4v) is 3.84. The van der Waals surface area contributed by atoms with Crippen LogP contribution in [0, 0.1) is 6.92 Å². The average Bonchev–Trinajstić information content (AvgIpc) is 2.80. The summed E-state index contributed by atoms with van der Waals surface area (Å²) in [5, 5.41) is 13.9. The van der Waals surface area contributed by atoms with Gasteiger partial charge in [0.2, 0.25) is 0 Å². The first-order valence-corrected chi connectivity index (χ1v) is 10.6. The zero-order valence-electron chi connectivity index (χ0n) is 18.1. The highest BCUT2D eigenvalue weighted by atomic mass is 16.5. The Morgan fingerprint density at radius 3 is 2.62 bits per heavy atom. The Labute approximate surface area is 187 Å². The molecule has 1 saturated heterocycles. The number of para-hydroxylation sites is 1. The highest BCUT2D eigenvalue weighted by Crippen LogP contribution is 2.32. The molecule has 0 spiro atoms. The van der Waals surface area contributed by atoms with E-state index in [1.165, 1.54) is 0 Å². The number of carboxylic acids is 1. The summed E-state index contributed by atoms with van der Waals surface area (Å²) in [5.74, 6) is 0.568. The molecule has 166 valence electrons. The summed E-state index contributed by atoms with van der Waals surface area (Å²) in [6, 6.07) is 15.7. The van der Waals surface area contributed by atoms with Gasteiger partial charge in [-0.3, -0.25) is 9.69 Å². The number of aromatic nitrogens is 1. The minimum absolute atomic E-state index is 0.208. The molecule has 4 rings (SSSR count). The number of hydrogen-bond acceptors (Lipinski definition) is 6. The number of morpholine rings is 1. The number of fused-ring (bicyclic) bond motifs is 1. The standard InChI is InChI=1S/C25H27N3O4/c1-17-21-9-8-20(32-19-6-4-3-5-7-19)14-22(21)23(16-28-10-12-31-13-11-28)27-25(17)18(2)26-15-24(29)30/h3-9,14,26H,2,10-13,15-16H2,1H3,(H,29,30). The fraction of sp³-hybridized carbons (Fsp3) is 0.280. The van der Waals surface area contributed by atoms with Crippen molar-refractivity contribution in [2.45, 2.75) is 13.5 Å². The van der Waals surface area contributed by atoms with Gasteiger partial charge in [0, 0.05) is 25.0 Å². The van der Waals surface area contributed by atoms with Gasteiger partial charge in [-0.25, -0.2) is 4.98 Å². The van der Waals surface area contributed by atoms with Crippen LogP contribution in [-0.4, -0.2) is 53.8 Å². The maximum atomic E-state index is 11.0. The Hall–Kier alpha value is -3.42. The molecule has 2 aromatic carbocycles. The Bertz CT molecular complexity index is 1120. The Morgan fingerprint density at radius 1 is 1.16 bits per heavy atom. The second-order valence-electron chi connectivity index (χ2n) is 7.77. The molecule has 1 fully saturated rings. The lowest BCUT2D eigenvalue weighted by molar-refractivity contribution is -0.135. The molecule has 3 aromatic rings. The zero-order valence-corrected chi connectivity index (χ0v) is 18.1. The first-order valence-electron chi connectivity index (χ1n) is 10.6. The van der Waals surface area contributed by atoms with E-state index in [1.54, 1.807) is 0 Å². The van der Waals surface area contributed by atoms with Crippen molar-refractivity contribution in [3.05, 3.63) is 72.1 Å². The summed E-state index contributed by atoms with van der Waals surface area (Å²) >= 11 is 0. The molecule has 7 heteroatoms. The third-order valence-electron chi connectivity index (χ3n) is 5.50. The van der Waals surface area contributed by atoms with Gasteiger partial charge in [0.1, 0.15) is 18.0 Å². The molecule has 0 amide bonds. The molecule has 1 aliphatic heterocycles. The van der Waals surface area contributed by atoms with Gasteiger partial charge in [-0.2, -0.15) is 0 Å². The van der Waals surface area contributed by atoms with Crippen LogP contribution in [0.4, 0.5) is 0 Å². The van der Waals surface area contributed by atoms with Gasteiger partial charge < -0.3 is 19.9 Å². The normalized spacial score (nSPS) is 14.3. The fourth-order valence-electron chi connectivity index (χ4n) is 3.84. The number of pyridine rings is 1. The zero-order chi connectivity index (χ0) is 22.5. The van der Waals surface area contributed by atoms with Crippen LogP contribution in [0.15, 0.2) is 55.1 Å². The van der Waals surface area contributed by atoms with Crippen molar-refractivity contribution in [2.75, 3.05) is 32.8 Å². The van der Waals surface area contributed by atoms with Gasteiger partial charge >= 0.3 is 5.97 Å². The topological polar surface area (TPSA) is 83.9 Å². The van der Waals surface area contributed by atoms with Crippen molar-refractivity contribution >= 4 is 22.4 Å². The summed E-state index contributed by atoms with van der Waals surface area (Å²) in [6.45, 7) is 9.54. The molecule has 0 bridgehead atoms. The summed E-state index contributed by atoms with van der Waals surface area (Å²) in [7, 11) is 0. The Kier molecular flexibility index (Phi) is 6.68. The lowest BCUT2D eigenvalue weighted by Crippen LogP contribution is -2.36. The quantitative estimate of drug-likeness (QED) is 0.559. The molecule has 2 N–H and O–H groups in total. The lowest BCUT2D eigenvalue weighted by atomic mass is 10.0. The number of nitrogens with zero attached hydrogens (tertiary/aromatic N) is 2. The number of carbonyl (C=O) groups is 1. The van der Waals surface area contributed by atoms with Gasteiger partial charge in [0.25, 0.3) is 0 Å². The number of ether oxygens (including phenoxy) is 2. The van der Waals surface area contributed by atoms with E-state index in [4.69, 9.17) is 19.6 Å². The van der Waals surface area contributed by atoms with Crippen molar-refractivity contribution in [1.82, 2.24) is 15.2 Å². The second kappa shape index (κ2) is 9.80. The van der Waals surface area contributed by atoms with E-state index < -0.39 is 5.97 Å². The van der Waals surface area contributed by atoms with Gasteiger partial charge in [0.15, 0.2) is 0 Å². The van der Waals surface area contributed by atoms with Crippen molar-refractivity contribution in [1.29, 1.82) is 0 Å². The molecule has 7 nitrogen and oxygen atoms in total. The van der Waals surface area contributed by atoms with Crippen LogP contribution < -0.4 is 10.1 Å². The number of rotatable bonds is 8. The first-order chi connectivity index (χ1) is 15.5. The summed E-state index contributed by atoms with van der Waals surface area (Å²) in [5.41, 5.74) is 3.03. The third-order valence-corrected chi connectivity index (χ3v) is 5.50. The molecular weight excluding hydrogens is 406 g/mol. The molecule has 0 aliphatic carbocycles. The maximum Gasteiger partial charge on any atom is 0.322 e. The lowest BCUT2D eigenvalue weighted by Gasteiger charge is -2.27. The van der Waals surface area contributed by atoms with Crippen molar-refractivity contribution in [3.8, 4) is 11.5 Å². The summed E-state index contributed by atoms with van der Waals surface area (Å²) < 4.78 is 11.5. The molecule has 0 radical (unpaired) electrons. The third kappa shape index (κ3) is 5.07. The highest BCUT2D eigenvalue weighted by molar-refractivity contribution is 5.91. The number of aryl methyl sites for hydroxylation is 1. The minimum atomic E-state index is -0.944. The highest BCUT2D eigenvalue weighted by Gasteiger charge is 2.18.